The first-order valence-corrected chi connectivity index (χ1v) is 9.09. The van der Waals surface area contributed by atoms with Crippen LogP contribution in [-0.2, 0) is 13.0 Å². The van der Waals surface area contributed by atoms with Gasteiger partial charge in [0.15, 0.2) is 5.82 Å². The first-order chi connectivity index (χ1) is 14.2. The molecule has 4 aromatic rings. The van der Waals surface area contributed by atoms with E-state index in [1.807, 2.05) is 54.6 Å². The van der Waals surface area contributed by atoms with Crippen LogP contribution in [0.15, 0.2) is 89.1 Å². The van der Waals surface area contributed by atoms with Crippen LogP contribution in [0.5, 0.6) is 0 Å². The minimum Gasteiger partial charge on any atom is -0.258 e. The molecule has 4 rings (SSSR count). The molecule has 142 valence electrons. The zero-order valence-corrected chi connectivity index (χ0v) is 15.5. The van der Waals surface area contributed by atoms with Crippen LogP contribution >= 0.6 is 0 Å². The van der Waals surface area contributed by atoms with Crippen molar-refractivity contribution in [2.24, 2.45) is 10.2 Å². The van der Waals surface area contributed by atoms with E-state index in [4.69, 9.17) is 4.98 Å². The largest absolute Gasteiger partial charge is 0.269 e. The SMILES string of the molecule is O=[N+]([O-])c1ccc(CN=Nc2nc3ccccc3nc2Cc2ccccc2)cc1. The Morgan fingerprint density at radius 1 is 0.793 bits per heavy atom. The summed E-state index contributed by atoms with van der Waals surface area (Å²) in [7, 11) is 0. The van der Waals surface area contributed by atoms with Gasteiger partial charge in [-0.15, -0.1) is 5.11 Å². The van der Waals surface area contributed by atoms with E-state index in [1.165, 1.54) is 12.1 Å². The number of aromatic nitrogens is 2. The van der Waals surface area contributed by atoms with Gasteiger partial charge >= 0.3 is 0 Å². The Kier molecular flexibility index (Phi) is 5.29. The third-order valence-corrected chi connectivity index (χ3v) is 4.40. The lowest BCUT2D eigenvalue weighted by atomic mass is 10.1. The maximum absolute atomic E-state index is 10.8. The number of nitro benzene ring substituents is 1. The number of nitrogens with zero attached hydrogens (tertiary/aromatic N) is 5. The molecule has 0 atom stereocenters. The molecule has 0 amide bonds. The number of rotatable bonds is 6. The average molecular weight is 383 g/mol. The Bertz CT molecular complexity index is 1170. The minimum atomic E-state index is -0.425. The van der Waals surface area contributed by atoms with Crippen molar-refractivity contribution in [1.29, 1.82) is 0 Å². The van der Waals surface area contributed by atoms with Crippen LogP contribution < -0.4 is 0 Å². The minimum absolute atomic E-state index is 0.0521. The summed E-state index contributed by atoms with van der Waals surface area (Å²) < 4.78 is 0. The Hall–Kier alpha value is -4.00. The number of fused-ring (bicyclic) bond motifs is 1. The van der Waals surface area contributed by atoms with Gasteiger partial charge in [0, 0.05) is 18.6 Å². The van der Waals surface area contributed by atoms with E-state index in [1.54, 1.807) is 12.1 Å². The highest BCUT2D eigenvalue weighted by atomic mass is 16.6. The lowest BCUT2D eigenvalue weighted by molar-refractivity contribution is -0.384. The van der Waals surface area contributed by atoms with Crippen LogP contribution in [0.25, 0.3) is 11.0 Å². The molecule has 0 fully saturated rings. The Balaban J connectivity index is 1.61. The normalized spacial score (nSPS) is 11.2. The maximum Gasteiger partial charge on any atom is 0.269 e. The van der Waals surface area contributed by atoms with E-state index in [9.17, 15) is 10.1 Å². The number of non-ortho nitro benzene ring substituents is 1. The predicted molar refractivity (Wildman–Crippen MR) is 110 cm³/mol. The molecule has 0 saturated carbocycles. The number of nitro groups is 1. The van der Waals surface area contributed by atoms with E-state index in [-0.39, 0.29) is 5.69 Å². The van der Waals surface area contributed by atoms with E-state index < -0.39 is 4.92 Å². The van der Waals surface area contributed by atoms with E-state index in [0.29, 0.717) is 18.8 Å². The van der Waals surface area contributed by atoms with Crippen molar-refractivity contribution in [3.63, 3.8) is 0 Å². The molecule has 0 saturated heterocycles. The van der Waals surface area contributed by atoms with Gasteiger partial charge in [0.05, 0.1) is 28.2 Å². The summed E-state index contributed by atoms with van der Waals surface area (Å²) >= 11 is 0. The number of benzene rings is 3. The third kappa shape index (κ3) is 4.47. The highest BCUT2D eigenvalue weighted by molar-refractivity contribution is 5.75. The highest BCUT2D eigenvalue weighted by Gasteiger charge is 2.10. The Morgan fingerprint density at radius 3 is 2.14 bits per heavy atom. The number of hydrogen-bond donors (Lipinski definition) is 0. The van der Waals surface area contributed by atoms with Crippen LogP contribution in [0.2, 0.25) is 0 Å². The molecule has 0 N–H and O–H groups in total. The molecular weight excluding hydrogens is 366 g/mol. The van der Waals surface area contributed by atoms with Crippen LogP contribution in [0.3, 0.4) is 0 Å². The summed E-state index contributed by atoms with van der Waals surface area (Å²) in [6.45, 7) is 0.303. The highest BCUT2D eigenvalue weighted by Crippen LogP contribution is 2.23. The van der Waals surface area contributed by atoms with Crippen LogP contribution in [0, 0.1) is 10.1 Å². The summed E-state index contributed by atoms with van der Waals surface area (Å²) in [5.41, 5.74) is 4.32. The molecule has 0 aliphatic rings. The number of para-hydroxylation sites is 2. The van der Waals surface area contributed by atoms with Crippen molar-refractivity contribution < 1.29 is 4.92 Å². The van der Waals surface area contributed by atoms with Gasteiger partial charge in [-0.25, -0.2) is 9.97 Å². The molecule has 0 unspecified atom stereocenters. The molecule has 0 radical (unpaired) electrons. The fourth-order valence-electron chi connectivity index (χ4n) is 2.92. The van der Waals surface area contributed by atoms with Gasteiger partial charge in [-0.2, -0.15) is 5.11 Å². The van der Waals surface area contributed by atoms with Gasteiger partial charge in [-0.3, -0.25) is 10.1 Å². The number of azo groups is 1. The maximum atomic E-state index is 10.8. The fraction of sp³-hybridized carbons (Fsp3) is 0.0909. The summed E-state index contributed by atoms with van der Waals surface area (Å²) in [5.74, 6) is 0.481. The zero-order chi connectivity index (χ0) is 20.1. The Labute approximate surface area is 166 Å². The average Bonchev–Trinajstić information content (AvgIpc) is 2.75. The molecule has 0 aliphatic heterocycles. The van der Waals surface area contributed by atoms with Crippen LogP contribution in [0.1, 0.15) is 16.8 Å². The van der Waals surface area contributed by atoms with Gasteiger partial charge in [-0.05, 0) is 23.3 Å². The van der Waals surface area contributed by atoms with Crippen LogP contribution in [-0.4, -0.2) is 14.9 Å². The van der Waals surface area contributed by atoms with E-state index >= 15 is 0 Å². The topological polar surface area (TPSA) is 93.6 Å². The molecule has 7 heteroatoms. The molecule has 7 nitrogen and oxygen atoms in total. The summed E-state index contributed by atoms with van der Waals surface area (Å²) in [6, 6.07) is 23.9. The van der Waals surface area contributed by atoms with Gasteiger partial charge in [0.1, 0.15) is 0 Å². The monoisotopic (exact) mass is 383 g/mol. The lowest BCUT2D eigenvalue weighted by Crippen LogP contribution is -1.96. The molecule has 1 heterocycles. The first-order valence-electron chi connectivity index (χ1n) is 9.09. The zero-order valence-electron chi connectivity index (χ0n) is 15.5. The lowest BCUT2D eigenvalue weighted by Gasteiger charge is -2.06. The van der Waals surface area contributed by atoms with Crippen molar-refractivity contribution in [3.8, 4) is 0 Å². The van der Waals surface area contributed by atoms with Crippen molar-refractivity contribution in [2.45, 2.75) is 13.0 Å². The van der Waals surface area contributed by atoms with Crippen molar-refractivity contribution >= 4 is 22.5 Å². The fourth-order valence-corrected chi connectivity index (χ4v) is 2.92. The molecule has 1 aromatic heterocycles. The molecule has 29 heavy (non-hydrogen) atoms. The van der Waals surface area contributed by atoms with Gasteiger partial charge in [0.25, 0.3) is 5.69 Å². The molecule has 0 aliphatic carbocycles. The summed E-state index contributed by atoms with van der Waals surface area (Å²) in [5, 5.41) is 19.3. The first kappa shape index (κ1) is 18.4. The molecule has 3 aromatic carbocycles. The predicted octanol–water partition coefficient (Wildman–Crippen LogP) is 5.41. The van der Waals surface area contributed by atoms with Gasteiger partial charge < -0.3 is 0 Å². The van der Waals surface area contributed by atoms with Gasteiger partial charge in [0.2, 0.25) is 0 Å². The van der Waals surface area contributed by atoms with Crippen molar-refractivity contribution in [2.75, 3.05) is 0 Å². The third-order valence-electron chi connectivity index (χ3n) is 4.40. The van der Waals surface area contributed by atoms with Gasteiger partial charge in [-0.1, -0.05) is 54.6 Å². The molecule has 0 bridgehead atoms. The molecule has 0 spiro atoms. The van der Waals surface area contributed by atoms with Crippen LogP contribution in [0.4, 0.5) is 11.5 Å². The second-order valence-electron chi connectivity index (χ2n) is 6.47. The molecular formula is C22H17N5O2. The van der Waals surface area contributed by atoms with Crippen molar-refractivity contribution in [3.05, 3.63) is 106 Å². The number of hydrogen-bond acceptors (Lipinski definition) is 6. The van der Waals surface area contributed by atoms with E-state index in [2.05, 4.69) is 15.2 Å². The Morgan fingerprint density at radius 2 is 1.45 bits per heavy atom. The standard InChI is InChI=1S/C22H17N5O2/c28-27(29)18-12-10-17(11-13-18)15-23-26-22-21(14-16-6-2-1-3-7-16)24-19-8-4-5-9-20(19)25-22/h1-13H,14-15H2. The van der Waals surface area contributed by atoms with Crippen molar-refractivity contribution in [1.82, 2.24) is 9.97 Å². The quantitative estimate of drug-likeness (QED) is 0.253. The second-order valence-corrected chi connectivity index (χ2v) is 6.47. The van der Waals surface area contributed by atoms with E-state index in [0.717, 1.165) is 27.9 Å². The second kappa shape index (κ2) is 8.35. The summed E-state index contributed by atoms with van der Waals surface area (Å²) in [4.78, 5) is 19.7. The summed E-state index contributed by atoms with van der Waals surface area (Å²) in [6.07, 6.45) is 0.602. The smallest absolute Gasteiger partial charge is 0.258 e.